The molecule has 2 aromatic carbocycles. The highest BCUT2D eigenvalue weighted by atomic mass is 16.5. The van der Waals surface area contributed by atoms with Crippen LogP contribution in [-0.2, 0) is 16.1 Å². The van der Waals surface area contributed by atoms with Crippen molar-refractivity contribution in [3.63, 3.8) is 0 Å². The van der Waals surface area contributed by atoms with E-state index in [2.05, 4.69) is 34.6 Å². The number of carbonyl (C=O) groups excluding carboxylic acids is 2. The molecule has 0 atom stereocenters. The van der Waals surface area contributed by atoms with Crippen LogP contribution in [0.1, 0.15) is 34.0 Å². The maximum atomic E-state index is 12.5. The minimum atomic E-state index is -0.852. The molecular weight excluding hydrogens is 448 g/mol. The lowest BCUT2D eigenvalue weighted by molar-refractivity contribution is -0.139. The minimum Gasteiger partial charge on any atom is -0.481 e. The van der Waals surface area contributed by atoms with Gasteiger partial charge in [0.1, 0.15) is 12.3 Å². The molecule has 2 aliphatic rings. The largest absolute Gasteiger partial charge is 0.481 e. The summed E-state index contributed by atoms with van der Waals surface area (Å²) in [6.45, 7) is 1.88. The lowest BCUT2D eigenvalue weighted by Gasteiger charge is -2.38. The van der Waals surface area contributed by atoms with Crippen molar-refractivity contribution >= 4 is 18.0 Å². The molecule has 2 N–H and O–H groups in total. The normalized spacial score (nSPS) is 14.7. The molecular formula is C26H26N4O5. The second-order valence-corrected chi connectivity index (χ2v) is 8.92. The molecule has 9 heteroatoms. The van der Waals surface area contributed by atoms with Gasteiger partial charge in [-0.25, -0.2) is 9.78 Å². The maximum Gasteiger partial charge on any atom is 0.407 e. The number of ether oxygens (including phenoxy) is 1. The molecule has 0 unspecified atom stereocenters. The lowest BCUT2D eigenvalue weighted by atomic mass is 9.96. The van der Waals surface area contributed by atoms with Gasteiger partial charge in [0, 0.05) is 44.2 Å². The monoisotopic (exact) mass is 474 g/mol. The van der Waals surface area contributed by atoms with Gasteiger partial charge in [-0.1, -0.05) is 48.5 Å². The van der Waals surface area contributed by atoms with Crippen LogP contribution in [0.25, 0.3) is 11.1 Å². The lowest BCUT2D eigenvalue weighted by Crippen LogP contribution is -2.50. The van der Waals surface area contributed by atoms with E-state index in [0.717, 1.165) is 11.1 Å². The van der Waals surface area contributed by atoms with Crippen LogP contribution < -0.4 is 5.32 Å². The second kappa shape index (κ2) is 9.61. The van der Waals surface area contributed by atoms with Crippen molar-refractivity contribution in [2.24, 2.45) is 5.92 Å². The van der Waals surface area contributed by atoms with Crippen molar-refractivity contribution in [1.29, 1.82) is 0 Å². The van der Waals surface area contributed by atoms with Gasteiger partial charge in [0.25, 0.3) is 5.91 Å². The third-order valence-electron chi connectivity index (χ3n) is 6.54. The molecule has 180 valence electrons. The van der Waals surface area contributed by atoms with E-state index in [1.54, 1.807) is 22.0 Å². The fraction of sp³-hybridized carbons (Fsp3) is 0.308. The number of carbonyl (C=O) groups is 3. The van der Waals surface area contributed by atoms with Crippen LogP contribution >= 0.6 is 0 Å². The summed E-state index contributed by atoms with van der Waals surface area (Å²) in [6.07, 6.45) is 2.75. The number of hydrogen-bond acceptors (Lipinski definition) is 5. The van der Waals surface area contributed by atoms with Crippen LogP contribution in [0.4, 0.5) is 4.79 Å². The molecule has 3 aromatic rings. The maximum absolute atomic E-state index is 12.5. The Morgan fingerprint density at radius 3 is 2.34 bits per heavy atom. The van der Waals surface area contributed by atoms with Gasteiger partial charge in [0.05, 0.1) is 12.7 Å². The van der Waals surface area contributed by atoms with Crippen molar-refractivity contribution < 1.29 is 24.2 Å². The summed E-state index contributed by atoms with van der Waals surface area (Å²) >= 11 is 0. The second-order valence-electron chi connectivity index (χ2n) is 8.92. The van der Waals surface area contributed by atoms with Crippen LogP contribution in [0.5, 0.6) is 0 Å². The minimum absolute atomic E-state index is 0.0000557. The number of carboxylic acids is 1. The molecule has 2 amide bonds. The van der Waals surface area contributed by atoms with E-state index >= 15 is 0 Å². The summed E-state index contributed by atoms with van der Waals surface area (Å²) in [7, 11) is 0. The van der Waals surface area contributed by atoms with E-state index in [0.29, 0.717) is 31.9 Å². The summed E-state index contributed by atoms with van der Waals surface area (Å²) in [5.74, 6) is -1.06. The van der Waals surface area contributed by atoms with Crippen LogP contribution in [0.3, 0.4) is 0 Å². The fourth-order valence-corrected chi connectivity index (χ4v) is 4.80. The quantitative estimate of drug-likeness (QED) is 0.519. The number of nitrogens with one attached hydrogen (secondary N) is 1. The third kappa shape index (κ3) is 4.75. The molecule has 1 saturated heterocycles. The van der Waals surface area contributed by atoms with Gasteiger partial charge in [-0.05, 0) is 22.3 Å². The fourth-order valence-electron chi connectivity index (χ4n) is 4.80. The first-order valence-corrected chi connectivity index (χ1v) is 11.6. The van der Waals surface area contributed by atoms with Crippen LogP contribution in [0.15, 0.2) is 61.1 Å². The summed E-state index contributed by atoms with van der Waals surface area (Å²) in [4.78, 5) is 41.2. The van der Waals surface area contributed by atoms with Crippen LogP contribution in [0.2, 0.25) is 0 Å². The summed E-state index contributed by atoms with van der Waals surface area (Å²) in [5.41, 5.74) is 4.98. The zero-order valence-corrected chi connectivity index (χ0v) is 19.1. The number of likely N-dealkylation sites (tertiary alicyclic amines) is 1. The predicted molar refractivity (Wildman–Crippen MR) is 127 cm³/mol. The topological polar surface area (TPSA) is 114 Å². The Morgan fingerprint density at radius 1 is 1.03 bits per heavy atom. The molecule has 1 fully saturated rings. The highest BCUT2D eigenvalue weighted by Crippen LogP contribution is 2.44. The summed E-state index contributed by atoms with van der Waals surface area (Å²) in [6, 6.07) is 16.4. The van der Waals surface area contributed by atoms with Crippen LogP contribution in [0, 0.1) is 5.92 Å². The molecule has 5 rings (SSSR count). The number of alkyl carbamates (subject to hydrolysis) is 1. The van der Waals surface area contributed by atoms with Gasteiger partial charge >= 0.3 is 12.1 Å². The number of nitrogens with zero attached hydrogens (tertiary/aromatic N) is 3. The third-order valence-corrected chi connectivity index (χ3v) is 6.54. The zero-order chi connectivity index (χ0) is 24.4. The smallest absolute Gasteiger partial charge is 0.407 e. The van der Waals surface area contributed by atoms with Gasteiger partial charge in [-0.2, -0.15) is 0 Å². The molecule has 1 aromatic heterocycles. The van der Waals surface area contributed by atoms with Crippen molar-refractivity contribution in [1.82, 2.24) is 19.8 Å². The standard InChI is InChI=1S/C26H26N4O5/c31-24(32)11-17-12-30(13-17)25(33)23-14-29(16-28-23)10-9-27-26(34)35-15-22-20-7-3-1-5-18(20)19-6-2-4-8-21(19)22/h1-8,14,16-17,22H,9-13,15H2,(H,27,34)(H,31,32). The molecule has 35 heavy (non-hydrogen) atoms. The Labute approximate surface area is 202 Å². The number of amides is 2. The van der Waals surface area contributed by atoms with Gasteiger partial charge in [0.2, 0.25) is 0 Å². The van der Waals surface area contributed by atoms with E-state index in [1.165, 1.54) is 11.1 Å². The average molecular weight is 475 g/mol. The van der Waals surface area contributed by atoms with E-state index in [1.807, 2.05) is 24.3 Å². The molecule has 9 nitrogen and oxygen atoms in total. The van der Waals surface area contributed by atoms with Gasteiger partial charge in [-0.3, -0.25) is 9.59 Å². The molecule has 0 saturated carbocycles. The molecule has 0 radical (unpaired) electrons. The highest BCUT2D eigenvalue weighted by Gasteiger charge is 2.33. The number of hydrogen-bond donors (Lipinski definition) is 2. The van der Waals surface area contributed by atoms with Gasteiger partial charge < -0.3 is 24.6 Å². The Hall–Kier alpha value is -4.14. The Morgan fingerprint density at radius 2 is 1.69 bits per heavy atom. The number of rotatable bonds is 8. The molecule has 0 bridgehead atoms. The first-order valence-electron chi connectivity index (χ1n) is 11.6. The van der Waals surface area contributed by atoms with Gasteiger partial charge in [-0.15, -0.1) is 0 Å². The van der Waals surface area contributed by atoms with E-state index in [4.69, 9.17) is 9.84 Å². The average Bonchev–Trinajstić information content (AvgIpc) is 3.42. The number of benzene rings is 2. The van der Waals surface area contributed by atoms with E-state index in [9.17, 15) is 14.4 Å². The molecule has 1 aliphatic carbocycles. The Balaban J connectivity index is 1.08. The highest BCUT2D eigenvalue weighted by molar-refractivity contribution is 5.92. The summed E-state index contributed by atoms with van der Waals surface area (Å²) in [5, 5.41) is 11.6. The van der Waals surface area contributed by atoms with Crippen LogP contribution in [-0.4, -0.2) is 63.8 Å². The van der Waals surface area contributed by atoms with E-state index in [-0.39, 0.29) is 30.8 Å². The zero-order valence-electron chi connectivity index (χ0n) is 19.1. The molecule has 1 aliphatic heterocycles. The number of aromatic nitrogens is 2. The number of fused-ring (bicyclic) bond motifs is 3. The Bertz CT molecular complexity index is 1220. The van der Waals surface area contributed by atoms with Crippen molar-refractivity contribution in [2.45, 2.75) is 18.9 Å². The van der Waals surface area contributed by atoms with Gasteiger partial charge in [0.15, 0.2) is 0 Å². The molecule has 0 spiro atoms. The predicted octanol–water partition coefficient (Wildman–Crippen LogP) is 2.97. The Kier molecular flexibility index (Phi) is 6.22. The van der Waals surface area contributed by atoms with Crippen molar-refractivity contribution in [3.8, 4) is 11.1 Å². The first-order chi connectivity index (χ1) is 17.0. The van der Waals surface area contributed by atoms with E-state index < -0.39 is 12.1 Å². The van der Waals surface area contributed by atoms with Crippen molar-refractivity contribution in [3.05, 3.63) is 77.9 Å². The van der Waals surface area contributed by atoms with Crippen molar-refractivity contribution in [2.75, 3.05) is 26.2 Å². The number of imidazole rings is 1. The summed E-state index contributed by atoms with van der Waals surface area (Å²) < 4.78 is 7.26. The first kappa shape index (κ1) is 22.6. The number of carboxylic acid groups (broad SMARTS) is 1. The number of aliphatic carboxylic acids is 1. The molecule has 2 heterocycles. The SMILES string of the molecule is O=C(O)CC1CN(C(=O)c2cn(CCNC(=O)OCC3c4ccccc4-c4ccccc43)cn2)C1.